The molecule has 0 saturated heterocycles. The van der Waals surface area contributed by atoms with Crippen molar-refractivity contribution in [2.45, 2.75) is 38.5 Å². The highest BCUT2D eigenvalue weighted by Gasteiger charge is 2.39. The molecule has 5 nitrogen and oxygen atoms in total. The monoisotopic (exact) mass is 468 g/mol. The first-order valence-electron chi connectivity index (χ1n) is 12.2. The second-order valence-electron chi connectivity index (χ2n) is 9.29. The zero-order valence-corrected chi connectivity index (χ0v) is 20.1. The Kier molecular flexibility index (Phi) is 7.66. The Morgan fingerprint density at radius 3 is 2.17 bits per heavy atom. The molecule has 0 aromatic heterocycles. The summed E-state index contributed by atoms with van der Waals surface area (Å²) < 4.78 is 0. The summed E-state index contributed by atoms with van der Waals surface area (Å²) in [6.07, 6.45) is 8.32. The van der Waals surface area contributed by atoms with E-state index in [1.54, 1.807) is 0 Å². The van der Waals surface area contributed by atoms with Gasteiger partial charge < -0.3 is 15.7 Å². The average Bonchev–Trinajstić information content (AvgIpc) is 2.89. The van der Waals surface area contributed by atoms with Gasteiger partial charge >= 0.3 is 5.97 Å². The first-order chi connectivity index (χ1) is 17.0. The lowest BCUT2D eigenvalue weighted by atomic mass is 9.69. The molecule has 1 fully saturated rings. The van der Waals surface area contributed by atoms with Crippen LogP contribution in [0.1, 0.15) is 43.2 Å². The molecule has 0 spiro atoms. The van der Waals surface area contributed by atoms with Gasteiger partial charge in [-0.2, -0.15) is 0 Å². The average molecular weight is 469 g/mol. The smallest absolute Gasteiger partial charge is 0.328 e. The third kappa shape index (κ3) is 6.18. The molecule has 0 radical (unpaired) electrons. The molecule has 35 heavy (non-hydrogen) atoms. The van der Waals surface area contributed by atoms with Gasteiger partial charge in [0.25, 0.3) is 0 Å². The van der Waals surface area contributed by atoms with Crippen LogP contribution in [0.15, 0.2) is 78.9 Å². The Balaban J connectivity index is 1.51. The second-order valence-corrected chi connectivity index (χ2v) is 9.29. The van der Waals surface area contributed by atoms with Crippen LogP contribution in [-0.4, -0.2) is 24.0 Å². The van der Waals surface area contributed by atoms with Crippen molar-refractivity contribution < 1.29 is 14.7 Å². The van der Waals surface area contributed by atoms with Gasteiger partial charge in [0.15, 0.2) is 0 Å². The first-order valence-corrected chi connectivity index (χ1v) is 12.2. The maximum atomic E-state index is 13.6. The van der Waals surface area contributed by atoms with Crippen molar-refractivity contribution in [2.24, 2.45) is 5.41 Å². The van der Waals surface area contributed by atoms with Crippen LogP contribution >= 0.6 is 0 Å². The largest absolute Gasteiger partial charge is 0.478 e. The predicted molar refractivity (Wildman–Crippen MR) is 142 cm³/mol. The first kappa shape index (κ1) is 24.3. The number of nitrogens with one attached hydrogen (secondary N) is 2. The van der Waals surface area contributed by atoms with Gasteiger partial charge in [0.05, 0.1) is 5.41 Å². The number of benzene rings is 3. The standard InChI is InChI=1S/C30H32N2O3/c1-31-26-15-13-25(14-16-26)24-11-8-23(9-12-24)21-30(18-3-2-4-19-30)29(35)32-27-7-5-6-22(20-27)10-17-28(33)34/h5-17,20,31H,2-4,18-19,21H2,1H3,(H,32,35)(H,33,34)/b17-10+. The normalized spacial score (nSPS) is 15.0. The number of hydrogen-bond donors (Lipinski definition) is 3. The van der Waals surface area contributed by atoms with Crippen LogP contribution in [0.5, 0.6) is 0 Å². The molecule has 0 bridgehead atoms. The molecule has 1 saturated carbocycles. The van der Waals surface area contributed by atoms with Crippen molar-refractivity contribution in [1.82, 2.24) is 0 Å². The van der Waals surface area contributed by atoms with Crippen LogP contribution < -0.4 is 10.6 Å². The molecule has 1 aliphatic rings. The van der Waals surface area contributed by atoms with Crippen molar-refractivity contribution >= 4 is 29.3 Å². The third-order valence-electron chi connectivity index (χ3n) is 6.86. The summed E-state index contributed by atoms with van der Waals surface area (Å²) in [7, 11) is 1.91. The Morgan fingerprint density at radius 1 is 0.886 bits per heavy atom. The zero-order valence-electron chi connectivity index (χ0n) is 20.1. The highest BCUT2D eigenvalue weighted by molar-refractivity contribution is 5.96. The van der Waals surface area contributed by atoms with Crippen molar-refractivity contribution in [3.8, 4) is 11.1 Å². The summed E-state index contributed by atoms with van der Waals surface area (Å²) in [4.78, 5) is 24.4. The van der Waals surface area contributed by atoms with Crippen LogP contribution in [0, 0.1) is 5.41 Å². The molecule has 1 amide bonds. The minimum atomic E-state index is -0.999. The van der Waals surface area contributed by atoms with Gasteiger partial charge in [0.2, 0.25) is 5.91 Å². The lowest BCUT2D eigenvalue weighted by Crippen LogP contribution is -2.40. The number of aliphatic carboxylic acids is 1. The maximum absolute atomic E-state index is 13.6. The third-order valence-corrected chi connectivity index (χ3v) is 6.86. The quantitative estimate of drug-likeness (QED) is 0.325. The van der Waals surface area contributed by atoms with Crippen LogP contribution in [-0.2, 0) is 16.0 Å². The van der Waals surface area contributed by atoms with E-state index in [4.69, 9.17) is 5.11 Å². The number of anilines is 2. The van der Waals surface area contributed by atoms with E-state index in [0.29, 0.717) is 12.1 Å². The van der Waals surface area contributed by atoms with Gasteiger partial charge in [0, 0.05) is 24.5 Å². The molecule has 3 N–H and O–H groups in total. The molecule has 0 atom stereocenters. The number of rotatable bonds is 8. The van der Waals surface area contributed by atoms with Crippen LogP contribution in [0.3, 0.4) is 0 Å². The fraction of sp³-hybridized carbons (Fsp3) is 0.267. The molecule has 1 aliphatic carbocycles. The van der Waals surface area contributed by atoms with E-state index in [-0.39, 0.29) is 5.91 Å². The van der Waals surface area contributed by atoms with Crippen molar-refractivity contribution in [1.29, 1.82) is 0 Å². The highest BCUT2D eigenvalue weighted by atomic mass is 16.4. The number of carboxylic acid groups (broad SMARTS) is 1. The molecule has 180 valence electrons. The summed E-state index contributed by atoms with van der Waals surface area (Å²) in [5, 5.41) is 15.1. The van der Waals surface area contributed by atoms with Gasteiger partial charge in [-0.1, -0.05) is 67.8 Å². The Bertz CT molecular complexity index is 1190. The molecule has 0 unspecified atom stereocenters. The minimum Gasteiger partial charge on any atom is -0.478 e. The molecule has 5 heteroatoms. The van der Waals surface area contributed by atoms with Crippen molar-refractivity contribution in [2.75, 3.05) is 17.7 Å². The minimum absolute atomic E-state index is 0.0447. The molecular weight excluding hydrogens is 436 g/mol. The topological polar surface area (TPSA) is 78.4 Å². The van der Waals surface area contributed by atoms with Crippen LogP contribution in [0.2, 0.25) is 0 Å². The van der Waals surface area contributed by atoms with Gasteiger partial charge in [-0.3, -0.25) is 4.79 Å². The Labute approximate surface area is 206 Å². The Morgan fingerprint density at radius 2 is 1.54 bits per heavy atom. The molecule has 4 rings (SSSR count). The van der Waals surface area contributed by atoms with E-state index in [1.165, 1.54) is 6.08 Å². The summed E-state index contributed by atoms with van der Waals surface area (Å²) in [6.45, 7) is 0. The lowest BCUT2D eigenvalue weighted by molar-refractivity contribution is -0.131. The highest BCUT2D eigenvalue weighted by Crippen LogP contribution is 2.40. The van der Waals surface area contributed by atoms with E-state index in [2.05, 4.69) is 59.2 Å². The number of carbonyl (C=O) groups excluding carboxylic acids is 1. The summed E-state index contributed by atoms with van der Waals surface area (Å²) in [5.74, 6) is -0.954. The van der Waals surface area contributed by atoms with E-state index in [0.717, 1.165) is 66.1 Å². The number of carbonyl (C=O) groups is 2. The van der Waals surface area contributed by atoms with Crippen molar-refractivity contribution in [3.63, 3.8) is 0 Å². The SMILES string of the molecule is CNc1ccc(-c2ccc(CC3(C(=O)Nc4cccc(/C=C/C(=O)O)c4)CCCCC3)cc2)cc1. The Hall–Kier alpha value is -3.86. The molecule has 3 aromatic carbocycles. The predicted octanol–water partition coefficient (Wildman–Crippen LogP) is 6.62. The van der Waals surface area contributed by atoms with Crippen LogP contribution in [0.4, 0.5) is 11.4 Å². The van der Waals surface area contributed by atoms with Gasteiger partial charge in [-0.15, -0.1) is 0 Å². The maximum Gasteiger partial charge on any atom is 0.328 e. The molecule has 0 heterocycles. The van der Waals surface area contributed by atoms with E-state index < -0.39 is 11.4 Å². The van der Waals surface area contributed by atoms with Gasteiger partial charge in [0.1, 0.15) is 0 Å². The van der Waals surface area contributed by atoms with Gasteiger partial charge in [-0.05, 0) is 71.9 Å². The lowest BCUT2D eigenvalue weighted by Gasteiger charge is -2.36. The second kappa shape index (κ2) is 11.0. The summed E-state index contributed by atoms with van der Waals surface area (Å²) in [6, 6.07) is 24.2. The van der Waals surface area contributed by atoms with Gasteiger partial charge in [-0.25, -0.2) is 4.79 Å². The summed E-state index contributed by atoms with van der Waals surface area (Å²) >= 11 is 0. The van der Waals surface area contributed by atoms with E-state index >= 15 is 0 Å². The fourth-order valence-electron chi connectivity index (χ4n) is 4.90. The molecule has 0 aliphatic heterocycles. The number of carboxylic acids is 1. The summed E-state index contributed by atoms with van der Waals surface area (Å²) in [5.41, 5.74) is 5.55. The molecular formula is C30H32N2O3. The van der Waals surface area contributed by atoms with Crippen LogP contribution in [0.25, 0.3) is 17.2 Å². The zero-order chi connectivity index (χ0) is 24.7. The van der Waals surface area contributed by atoms with E-state index in [1.807, 2.05) is 31.3 Å². The van der Waals surface area contributed by atoms with E-state index in [9.17, 15) is 9.59 Å². The number of hydrogen-bond acceptors (Lipinski definition) is 3. The fourth-order valence-corrected chi connectivity index (χ4v) is 4.90. The molecule has 3 aromatic rings. The van der Waals surface area contributed by atoms with Crippen molar-refractivity contribution in [3.05, 3.63) is 90.0 Å². The number of amides is 1.